The number of nitrogen functional groups attached to an aromatic ring is 1. The minimum Gasteiger partial charge on any atom is -0.396 e. The Morgan fingerprint density at radius 2 is 1.79 bits per heavy atom. The molecule has 0 amide bonds. The van der Waals surface area contributed by atoms with Gasteiger partial charge in [-0.15, -0.1) is 0 Å². The predicted octanol–water partition coefficient (Wildman–Crippen LogP) is 1.84. The van der Waals surface area contributed by atoms with Gasteiger partial charge in [0.15, 0.2) is 12.1 Å². The molecule has 1 aromatic rings. The molecule has 0 saturated carbocycles. The first-order valence-corrected chi connectivity index (χ1v) is 3.90. The van der Waals surface area contributed by atoms with Crippen molar-refractivity contribution in [2.75, 3.05) is 20.0 Å². The molecule has 3 nitrogen and oxygen atoms in total. The zero-order chi connectivity index (χ0) is 10.7. The monoisotopic (exact) mass is 203 g/mol. The lowest BCUT2D eigenvalue weighted by molar-refractivity contribution is -0.109. The summed E-state index contributed by atoms with van der Waals surface area (Å²) in [7, 11) is 2.58. The van der Waals surface area contributed by atoms with Gasteiger partial charge in [-0.2, -0.15) is 0 Å². The highest BCUT2D eigenvalue weighted by Crippen LogP contribution is 2.27. The van der Waals surface area contributed by atoms with Gasteiger partial charge in [0.2, 0.25) is 0 Å². The Morgan fingerprint density at radius 3 is 2.29 bits per heavy atom. The fraction of sp³-hybridized carbons (Fsp3) is 0.333. The van der Waals surface area contributed by atoms with E-state index in [9.17, 15) is 8.78 Å². The first-order valence-electron chi connectivity index (χ1n) is 3.90. The largest absolute Gasteiger partial charge is 0.396 e. The number of nitrogens with two attached hydrogens (primary N) is 1. The van der Waals surface area contributed by atoms with Crippen LogP contribution in [0.15, 0.2) is 12.1 Å². The normalized spacial score (nSPS) is 10.9. The van der Waals surface area contributed by atoms with E-state index >= 15 is 0 Å². The molecule has 0 heterocycles. The van der Waals surface area contributed by atoms with Gasteiger partial charge >= 0.3 is 0 Å². The summed E-state index contributed by atoms with van der Waals surface area (Å²) in [6.07, 6.45) is -1.08. The van der Waals surface area contributed by atoms with Gasteiger partial charge in [-0.25, -0.2) is 8.78 Å². The van der Waals surface area contributed by atoms with Crippen molar-refractivity contribution in [3.8, 4) is 0 Å². The highest BCUT2D eigenvalue weighted by molar-refractivity contribution is 5.44. The molecule has 0 spiro atoms. The van der Waals surface area contributed by atoms with Crippen molar-refractivity contribution in [1.82, 2.24) is 0 Å². The van der Waals surface area contributed by atoms with Gasteiger partial charge in [-0.1, -0.05) is 0 Å². The summed E-state index contributed by atoms with van der Waals surface area (Å²) in [5, 5.41) is 0. The van der Waals surface area contributed by atoms with Gasteiger partial charge in [-0.3, -0.25) is 0 Å². The lowest BCUT2D eigenvalue weighted by Crippen LogP contribution is -2.10. The molecule has 14 heavy (non-hydrogen) atoms. The predicted molar refractivity (Wildman–Crippen MR) is 47.5 cm³/mol. The summed E-state index contributed by atoms with van der Waals surface area (Å²) in [5.74, 6) is -1.59. The van der Waals surface area contributed by atoms with E-state index in [4.69, 9.17) is 15.2 Å². The van der Waals surface area contributed by atoms with E-state index in [1.54, 1.807) is 0 Å². The van der Waals surface area contributed by atoms with Crippen LogP contribution in [0.5, 0.6) is 0 Å². The number of ether oxygens (including phenoxy) is 2. The van der Waals surface area contributed by atoms with Gasteiger partial charge < -0.3 is 15.2 Å². The molecule has 1 rings (SSSR count). The Hall–Kier alpha value is -1.20. The molecule has 5 heteroatoms. The Morgan fingerprint density at radius 1 is 1.21 bits per heavy atom. The van der Waals surface area contributed by atoms with E-state index < -0.39 is 17.9 Å². The smallest absolute Gasteiger partial charge is 0.188 e. The van der Waals surface area contributed by atoms with E-state index in [-0.39, 0.29) is 11.3 Å². The average Bonchev–Trinajstić information content (AvgIpc) is 2.19. The van der Waals surface area contributed by atoms with E-state index in [2.05, 4.69) is 0 Å². The topological polar surface area (TPSA) is 44.5 Å². The van der Waals surface area contributed by atoms with Crippen molar-refractivity contribution in [2.24, 2.45) is 0 Å². The van der Waals surface area contributed by atoms with Crippen LogP contribution in [0.4, 0.5) is 14.5 Å². The second-order valence-corrected chi connectivity index (χ2v) is 2.67. The SMILES string of the molecule is COC(OC)c1c(F)ccc(N)c1F. The zero-order valence-electron chi connectivity index (χ0n) is 7.88. The summed E-state index contributed by atoms with van der Waals surface area (Å²) in [6.45, 7) is 0. The molecule has 0 bridgehead atoms. The Kier molecular flexibility index (Phi) is 3.38. The molecule has 0 aliphatic heterocycles. The van der Waals surface area contributed by atoms with Crippen LogP contribution in [0.2, 0.25) is 0 Å². The molecule has 0 aliphatic rings. The maximum Gasteiger partial charge on any atom is 0.188 e. The minimum absolute atomic E-state index is 0.138. The van der Waals surface area contributed by atoms with Crippen LogP contribution in [-0.2, 0) is 9.47 Å². The maximum absolute atomic E-state index is 13.4. The van der Waals surface area contributed by atoms with Crippen molar-refractivity contribution in [3.05, 3.63) is 29.3 Å². The number of methoxy groups -OCH3 is 2. The molecule has 0 radical (unpaired) electrons. The quantitative estimate of drug-likeness (QED) is 0.602. The highest BCUT2D eigenvalue weighted by atomic mass is 19.1. The van der Waals surface area contributed by atoms with Gasteiger partial charge in [0, 0.05) is 14.2 Å². The fourth-order valence-electron chi connectivity index (χ4n) is 1.13. The van der Waals surface area contributed by atoms with Crippen LogP contribution in [0.25, 0.3) is 0 Å². The Balaban J connectivity index is 3.23. The van der Waals surface area contributed by atoms with E-state index in [0.29, 0.717) is 0 Å². The van der Waals surface area contributed by atoms with Gasteiger partial charge in [0.1, 0.15) is 5.82 Å². The Labute approximate surface area is 80.4 Å². The van der Waals surface area contributed by atoms with Gasteiger partial charge in [0.25, 0.3) is 0 Å². The maximum atomic E-state index is 13.4. The van der Waals surface area contributed by atoms with Crippen molar-refractivity contribution in [3.63, 3.8) is 0 Å². The molecule has 0 atom stereocenters. The molecule has 0 fully saturated rings. The highest BCUT2D eigenvalue weighted by Gasteiger charge is 2.21. The summed E-state index contributed by atoms with van der Waals surface area (Å²) < 4.78 is 36.0. The van der Waals surface area contributed by atoms with Crippen LogP contribution in [0.3, 0.4) is 0 Å². The lowest BCUT2D eigenvalue weighted by atomic mass is 10.1. The third kappa shape index (κ3) is 1.83. The lowest BCUT2D eigenvalue weighted by Gasteiger charge is -2.15. The van der Waals surface area contributed by atoms with Gasteiger partial charge in [0.05, 0.1) is 11.3 Å². The first-order chi connectivity index (χ1) is 6.61. The average molecular weight is 203 g/mol. The van der Waals surface area contributed by atoms with Crippen molar-refractivity contribution >= 4 is 5.69 Å². The number of halogens is 2. The van der Waals surface area contributed by atoms with Crippen molar-refractivity contribution < 1.29 is 18.3 Å². The van der Waals surface area contributed by atoms with Crippen molar-refractivity contribution in [2.45, 2.75) is 6.29 Å². The molecule has 2 N–H and O–H groups in total. The molecule has 78 valence electrons. The Bertz CT molecular complexity index is 327. The standard InChI is InChI=1S/C9H11F2NO2/c1-13-9(14-2)7-5(10)3-4-6(12)8(7)11/h3-4,9H,12H2,1-2H3. The third-order valence-electron chi connectivity index (χ3n) is 1.82. The fourth-order valence-corrected chi connectivity index (χ4v) is 1.13. The second kappa shape index (κ2) is 4.34. The zero-order valence-corrected chi connectivity index (χ0v) is 7.88. The van der Waals surface area contributed by atoms with Crippen LogP contribution >= 0.6 is 0 Å². The summed E-state index contributed by atoms with van der Waals surface area (Å²) in [4.78, 5) is 0. The molecule has 0 aromatic heterocycles. The van der Waals surface area contributed by atoms with E-state index in [1.165, 1.54) is 14.2 Å². The minimum atomic E-state index is -1.08. The number of benzene rings is 1. The third-order valence-corrected chi connectivity index (χ3v) is 1.82. The second-order valence-electron chi connectivity index (χ2n) is 2.67. The number of hydrogen-bond donors (Lipinski definition) is 1. The molecule has 1 aromatic carbocycles. The number of anilines is 1. The molecular weight excluding hydrogens is 192 g/mol. The van der Waals surface area contributed by atoms with E-state index in [1.807, 2.05) is 0 Å². The molecule has 0 unspecified atom stereocenters. The molecular formula is C9H11F2NO2. The van der Waals surface area contributed by atoms with Crippen LogP contribution in [0, 0.1) is 11.6 Å². The summed E-state index contributed by atoms with van der Waals surface area (Å²) >= 11 is 0. The number of rotatable bonds is 3. The summed E-state index contributed by atoms with van der Waals surface area (Å²) in [6, 6.07) is 2.22. The molecule has 0 aliphatic carbocycles. The van der Waals surface area contributed by atoms with Crippen LogP contribution < -0.4 is 5.73 Å². The first kappa shape index (κ1) is 10.9. The van der Waals surface area contributed by atoms with Crippen LogP contribution in [-0.4, -0.2) is 14.2 Å². The molecule has 0 saturated heterocycles. The summed E-state index contributed by atoms with van der Waals surface area (Å²) in [5.41, 5.74) is 4.84. The van der Waals surface area contributed by atoms with Crippen molar-refractivity contribution in [1.29, 1.82) is 0 Å². The van der Waals surface area contributed by atoms with E-state index in [0.717, 1.165) is 12.1 Å². The van der Waals surface area contributed by atoms with Gasteiger partial charge in [-0.05, 0) is 12.1 Å². The number of hydrogen-bond acceptors (Lipinski definition) is 3. The van der Waals surface area contributed by atoms with Crippen LogP contribution in [0.1, 0.15) is 11.9 Å².